The normalized spacial score (nSPS) is 5.09. The summed E-state index contributed by atoms with van der Waals surface area (Å²) in [5.41, 5.74) is -0.880. The molecule has 0 atom stereocenters. The monoisotopic (exact) mass is 184 g/mol. The zero-order chi connectivity index (χ0) is 7.98. The van der Waals surface area contributed by atoms with E-state index in [0.29, 0.717) is 0 Å². The summed E-state index contributed by atoms with van der Waals surface area (Å²) < 4.78 is 0. The molecule has 0 aliphatic carbocycles. The van der Waals surface area contributed by atoms with Gasteiger partial charge in [-0.05, 0) is 0 Å². The van der Waals surface area contributed by atoms with Crippen LogP contribution in [-0.2, 0) is 17.1 Å². The summed E-state index contributed by atoms with van der Waals surface area (Å²) in [7, 11) is 0. The second kappa shape index (κ2) is 6.34. The zero-order valence-corrected chi connectivity index (χ0v) is 6.25. The standard InChI is InChI=1S/C6N4.Fe/c7-1-5(2-8)6(3-9)4-10;. The number of hydrogen-bond donors (Lipinski definition) is 0. The quantitative estimate of drug-likeness (QED) is 0.401. The van der Waals surface area contributed by atoms with Gasteiger partial charge in [0.05, 0.1) is 0 Å². The molecule has 0 rings (SSSR count). The number of hydrogen-bond acceptors (Lipinski definition) is 4. The van der Waals surface area contributed by atoms with Crippen LogP contribution in [0.1, 0.15) is 0 Å². The Kier molecular flexibility index (Phi) is 6.89. The van der Waals surface area contributed by atoms with Crippen LogP contribution in [0.2, 0.25) is 0 Å². The van der Waals surface area contributed by atoms with Crippen LogP contribution in [0.15, 0.2) is 11.1 Å². The Morgan fingerprint density at radius 2 is 0.818 bits per heavy atom. The van der Waals surface area contributed by atoms with Crippen LogP contribution in [0.5, 0.6) is 0 Å². The minimum absolute atomic E-state index is 0. The molecule has 11 heavy (non-hydrogen) atoms. The molecule has 0 saturated carbocycles. The van der Waals surface area contributed by atoms with E-state index in [2.05, 4.69) is 0 Å². The Morgan fingerprint density at radius 3 is 0.909 bits per heavy atom. The molecular weight excluding hydrogens is 184 g/mol. The molecule has 0 saturated heterocycles. The molecule has 0 aromatic rings. The summed E-state index contributed by atoms with van der Waals surface area (Å²) in [5.74, 6) is 0. The van der Waals surface area contributed by atoms with E-state index < -0.39 is 11.1 Å². The van der Waals surface area contributed by atoms with Crippen LogP contribution in [-0.4, -0.2) is 0 Å². The number of rotatable bonds is 0. The van der Waals surface area contributed by atoms with Crippen LogP contribution in [0, 0.1) is 45.3 Å². The van der Waals surface area contributed by atoms with Gasteiger partial charge in [-0.2, -0.15) is 21.0 Å². The van der Waals surface area contributed by atoms with E-state index in [1.54, 1.807) is 0 Å². The number of nitrogens with zero attached hydrogens (tertiary/aromatic N) is 4. The van der Waals surface area contributed by atoms with Crippen molar-refractivity contribution in [3.05, 3.63) is 11.1 Å². The first-order valence-electron chi connectivity index (χ1n) is 2.14. The molecule has 52 valence electrons. The summed E-state index contributed by atoms with van der Waals surface area (Å²) in [6.07, 6.45) is 0. The van der Waals surface area contributed by atoms with Crippen LogP contribution < -0.4 is 0 Å². The Morgan fingerprint density at radius 1 is 0.636 bits per heavy atom. The summed E-state index contributed by atoms with van der Waals surface area (Å²) in [5, 5.41) is 32.5. The van der Waals surface area contributed by atoms with Crippen molar-refractivity contribution in [2.75, 3.05) is 0 Å². The van der Waals surface area contributed by atoms with E-state index in [4.69, 9.17) is 21.0 Å². The van der Waals surface area contributed by atoms with E-state index in [1.165, 1.54) is 24.3 Å². The second-order valence-corrected chi connectivity index (χ2v) is 1.20. The molecule has 0 N–H and O–H groups in total. The third-order valence-electron chi connectivity index (χ3n) is 0.697. The van der Waals surface area contributed by atoms with Crippen molar-refractivity contribution in [3.8, 4) is 24.3 Å². The molecule has 0 aromatic heterocycles. The minimum Gasteiger partial charge on any atom is -0.192 e. The molecule has 0 unspecified atom stereocenters. The predicted octanol–water partition coefficient (Wildman–Crippen LogP) is 0.375. The van der Waals surface area contributed by atoms with E-state index >= 15 is 0 Å². The Balaban J connectivity index is 0. The van der Waals surface area contributed by atoms with E-state index in [9.17, 15) is 0 Å². The second-order valence-electron chi connectivity index (χ2n) is 1.20. The maximum absolute atomic E-state index is 8.13. The molecule has 0 aromatic carbocycles. The molecule has 0 fully saturated rings. The van der Waals surface area contributed by atoms with Crippen LogP contribution in [0.4, 0.5) is 0 Å². The smallest absolute Gasteiger partial charge is 0.158 e. The van der Waals surface area contributed by atoms with Gasteiger partial charge in [-0.1, -0.05) is 0 Å². The molecular formula is C6FeN4. The molecule has 0 spiro atoms. The van der Waals surface area contributed by atoms with Gasteiger partial charge in [0.25, 0.3) is 0 Å². The summed E-state index contributed by atoms with van der Waals surface area (Å²) in [6.45, 7) is 0. The predicted molar refractivity (Wildman–Crippen MR) is 29.5 cm³/mol. The first-order valence-corrected chi connectivity index (χ1v) is 2.14. The van der Waals surface area contributed by atoms with Crippen molar-refractivity contribution in [2.24, 2.45) is 0 Å². The molecule has 0 heterocycles. The zero-order valence-electron chi connectivity index (χ0n) is 5.14. The summed E-state index contributed by atoms with van der Waals surface area (Å²) in [6, 6.07) is 5.71. The van der Waals surface area contributed by atoms with Crippen LogP contribution in [0.25, 0.3) is 0 Å². The van der Waals surface area contributed by atoms with Gasteiger partial charge in [0.15, 0.2) is 11.1 Å². The van der Waals surface area contributed by atoms with E-state index in [0.717, 1.165) is 0 Å². The van der Waals surface area contributed by atoms with Crippen LogP contribution >= 0.6 is 0 Å². The van der Waals surface area contributed by atoms with Crippen molar-refractivity contribution >= 4 is 0 Å². The van der Waals surface area contributed by atoms with Crippen molar-refractivity contribution in [1.82, 2.24) is 0 Å². The summed E-state index contributed by atoms with van der Waals surface area (Å²) >= 11 is 0. The Bertz CT molecular complexity index is 262. The van der Waals surface area contributed by atoms with Gasteiger partial charge in [0.2, 0.25) is 0 Å². The fourth-order valence-electron chi connectivity index (χ4n) is 0.274. The SMILES string of the molecule is N#CC(C#N)=C(C#N)C#N.[Fe]. The van der Waals surface area contributed by atoms with Gasteiger partial charge in [-0.3, -0.25) is 0 Å². The van der Waals surface area contributed by atoms with Gasteiger partial charge in [0.1, 0.15) is 24.3 Å². The van der Waals surface area contributed by atoms with Crippen LogP contribution in [0.3, 0.4) is 0 Å². The van der Waals surface area contributed by atoms with E-state index in [-0.39, 0.29) is 17.1 Å². The molecule has 4 nitrogen and oxygen atoms in total. The average Bonchev–Trinajstić information content (AvgIpc) is 2.00. The van der Waals surface area contributed by atoms with Gasteiger partial charge < -0.3 is 0 Å². The third kappa shape index (κ3) is 3.04. The largest absolute Gasteiger partial charge is 0.192 e. The first-order chi connectivity index (χ1) is 4.79. The first kappa shape index (κ1) is 12.0. The molecule has 0 amide bonds. The van der Waals surface area contributed by atoms with Crippen molar-refractivity contribution in [2.45, 2.75) is 0 Å². The fraction of sp³-hybridized carbons (Fsp3) is 0. The van der Waals surface area contributed by atoms with E-state index in [1.807, 2.05) is 0 Å². The summed E-state index contributed by atoms with van der Waals surface area (Å²) in [4.78, 5) is 0. The van der Waals surface area contributed by atoms with Gasteiger partial charge in [-0.15, -0.1) is 0 Å². The van der Waals surface area contributed by atoms with Crippen molar-refractivity contribution < 1.29 is 17.1 Å². The number of allylic oxidation sites excluding steroid dienone is 2. The van der Waals surface area contributed by atoms with Crippen molar-refractivity contribution in [1.29, 1.82) is 21.0 Å². The fourth-order valence-corrected chi connectivity index (χ4v) is 0.274. The minimum atomic E-state index is -0.440. The molecule has 0 bridgehead atoms. The average molecular weight is 184 g/mol. The molecule has 0 aliphatic heterocycles. The van der Waals surface area contributed by atoms with Gasteiger partial charge in [-0.25, -0.2) is 0 Å². The van der Waals surface area contributed by atoms with Gasteiger partial charge in [0, 0.05) is 17.1 Å². The Hall–Kier alpha value is -1.78. The topological polar surface area (TPSA) is 95.2 Å². The molecule has 0 radical (unpaired) electrons. The maximum atomic E-state index is 8.13. The van der Waals surface area contributed by atoms with Gasteiger partial charge >= 0.3 is 0 Å². The number of nitriles is 4. The molecule has 0 aliphatic rings. The Labute approximate surface area is 74.0 Å². The maximum Gasteiger partial charge on any atom is 0.158 e. The molecule has 5 heteroatoms. The van der Waals surface area contributed by atoms with Crippen molar-refractivity contribution in [3.63, 3.8) is 0 Å². The third-order valence-corrected chi connectivity index (χ3v) is 0.697.